The molecule has 1 saturated heterocycles. The minimum atomic E-state index is -3.11. The van der Waals surface area contributed by atoms with Crippen molar-refractivity contribution in [1.29, 1.82) is 0 Å². The van der Waals surface area contributed by atoms with Crippen LogP contribution >= 0.6 is 0 Å². The summed E-state index contributed by atoms with van der Waals surface area (Å²) in [6.07, 6.45) is 0.649. The molecule has 2 heterocycles. The van der Waals surface area contributed by atoms with Gasteiger partial charge in [0.2, 0.25) is 15.9 Å². The summed E-state index contributed by atoms with van der Waals surface area (Å²) in [6, 6.07) is 16.3. The van der Waals surface area contributed by atoms with Gasteiger partial charge in [-0.1, -0.05) is 43.3 Å². The molecule has 6 nitrogen and oxygen atoms in total. The van der Waals surface area contributed by atoms with Crippen LogP contribution in [0.4, 0.5) is 0 Å². The van der Waals surface area contributed by atoms with E-state index in [0.29, 0.717) is 45.0 Å². The second-order valence-corrected chi connectivity index (χ2v) is 9.24. The number of fused-ring (bicyclic) bond motifs is 1. The minimum absolute atomic E-state index is 0.224. The van der Waals surface area contributed by atoms with E-state index in [9.17, 15) is 8.42 Å². The van der Waals surface area contributed by atoms with Crippen LogP contribution in [-0.2, 0) is 16.6 Å². The van der Waals surface area contributed by atoms with Crippen molar-refractivity contribution in [2.45, 2.75) is 19.9 Å². The lowest BCUT2D eigenvalue weighted by molar-refractivity contribution is 0.169. The van der Waals surface area contributed by atoms with Crippen molar-refractivity contribution in [1.82, 2.24) is 14.2 Å². The smallest absolute Gasteiger partial charge is 0.214 e. The molecule has 0 unspecified atom stereocenters. The summed E-state index contributed by atoms with van der Waals surface area (Å²) < 4.78 is 31.9. The van der Waals surface area contributed by atoms with Gasteiger partial charge in [0.25, 0.3) is 0 Å². The van der Waals surface area contributed by atoms with Gasteiger partial charge in [0.05, 0.1) is 12.3 Å². The van der Waals surface area contributed by atoms with E-state index in [4.69, 9.17) is 4.42 Å². The van der Waals surface area contributed by atoms with Crippen molar-refractivity contribution >= 4 is 21.1 Å². The molecule has 3 aromatic rings. The summed E-state index contributed by atoms with van der Waals surface area (Å²) in [5.74, 6) is 0.895. The van der Waals surface area contributed by atoms with Gasteiger partial charge in [0, 0.05) is 26.2 Å². The lowest BCUT2D eigenvalue weighted by atomic mass is 10.1. The van der Waals surface area contributed by atoms with Crippen molar-refractivity contribution in [3.63, 3.8) is 0 Å². The van der Waals surface area contributed by atoms with Crippen LogP contribution in [0.5, 0.6) is 0 Å². The van der Waals surface area contributed by atoms with Crippen LogP contribution in [0, 0.1) is 0 Å². The summed E-state index contributed by atoms with van der Waals surface area (Å²) in [4.78, 5) is 6.85. The highest BCUT2D eigenvalue weighted by Gasteiger charge is 2.26. The number of piperazine rings is 1. The molecule has 2 aromatic carbocycles. The first-order valence-electron chi connectivity index (χ1n) is 9.70. The average Bonchev–Trinajstić information content (AvgIpc) is 3.10. The minimum Gasteiger partial charge on any atom is -0.439 e. The average molecular weight is 400 g/mol. The highest BCUT2D eigenvalue weighted by Crippen LogP contribution is 2.25. The summed E-state index contributed by atoms with van der Waals surface area (Å²) in [5.41, 5.74) is 3.89. The number of hydrogen-bond donors (Lipinski definition) is 0. The molecule has 28 heavy (non-hydrogen) atoms. The summed E-state index contributed by atoms with van der Waals surface area (Å²) in [6.45, 7) is 4.93. The first-order valence-corrected chi connectivity index (χ1v) is 11.3. The van der Waals surface area contributed by atoms with Crippen molar-refractivity contribution in [3.8, 4) is 11.1 Å². The summed E-state index contributed by atoms with van der Waals surface area (Å²) >= 11 is 0. The Labute approximate surface area is 165 Å². The predicted octanol–water partition coefficient (Wildman–Crippen LogP) is 3.35. The Kier molecular flexibility index (Phi) is 5.48. The fourth-order valence-electron chi connectivity index (χ4n) is 3.60. The third-order valence-corrected chi connectivity index (χ3v) is 7.16. The molecule has 0 radical (unpaired) electrons. The van der Waals surface area contributed by atoms with Gasteiger partial charge >= 0.3 is 0 Å². The molecule has 0 atom stereocenters. The van der Waals surface area contributed by atoms with E-state index in [2.05, 4.69) is 22.0 Å². The molecule has 4 rings (SSSR count). The number of nitrogens with zero attached hydrogens (tertiary/aromatic N) is 3. The van der Waals surface area contributed by atoms with Crippen LogP contribution in [-0.4, -0.2) is 54.5 Å². The zero-order valence-electron chi connectivity index (χ0n) is 16.0. The lowest BCUT2D eigenvalue weighted by Crippen LogP contribution is -2.48. The second kappa shape index (κ2) is 8.03. The molecule has 0 aliphatic carbocycles. The van der Waals surface area contributed by atoms with Crippen molar-refractivity contribution in [2.75, 3.05) is 31.9 Å². The first-order chi connectivity index (χ1) is 13.5. The van der Waals surface area contributed by atoms with Crippen LogP contribution in [0.2, 0.25) is 0 Å². The maximum absolute atomic E-state index is 12.2. The van der Waals surface area contributed by atoms with E-state index >= 15 is 0 Å². The monoisotopic (exact) mass is 399 g/mol. The molecule has 0 N–H and O–H groups in total. The second-order valence-electron chi connectivity index (χ2n) is 7.15. The standard InChI is InChI=1S/C21H25N3O3S/c1-2-14-28(25,26)24-12-10-23(11-13-24)16-21-22-19-15-18(8-9-20(19)27-21)17-6-4-3-5-7-17/h3-9,15H,2,10-14,16H2,1H3. The number of oxazole rings is 1. The zero-order chi connectivity index (χ0) is 19.6. The molecular weight excluding hydrogens is 374 g/mol. The molecule has 1 aliphatic heterocycles. The van der Waals surface area contributed by atoms with Gasteiger partial charge in [-0.3, -0.25) is 4.90 Å². The predicted molar refractivity (Wildman–Crippen MR) is 110 cm³/mol. The Morgan fingerprint density at radius 2 is 1.75 bits per heavy atom. The molecule has 0 saturated carbocycles. The maximum atomic E-state index is 12.2. The highest BCUT2D eigenvalue weighted by molar-refractivity contribution is 7.89. The van der Waals surface area contributed by atoms with Gasteiger partial charge in [-0.2, -0.15) is 4.31 Å². The van der Waals surface area contributed by atoms with Gasteiger partial charge in [0.15, 0.2) is 5.58 Å². The molecule has 0 bridgehead atoms. The quantitative estimate of drug-likeness (QED) is 0.636. The maximum Gasteiger partial charge on any atom is 0.214 e. The van der Waals surface area contributed by atoms with E-state index in [1.54, 1.807) is 4.31 Å². The van der Waals surface area contributed by atoms with Crippen LogP contribution in [0.15, 0.2) is 52.9 Å². The normalized spacial score (nSPS) is 16.6. The van der Waals surface area contributed by atoms with Gasteiger partial charge in [-0.05, 0) is 29.7 Å². The van der Waals surface area contributed by atoms with Crippen molar-refractivity contribution < 1.29 is 12.8 Å². The van der Waals surface area contributed by atoms with E-state index in [1.807, 2.05) is 43.3 Å². The van der Waals surface area contributed by atoms with Crippen LogP contribution in [0.1, 0.15) is 19.2 Å². The Hall–Kier alpha value is -2.22. The highest BCUT2D eigenvalue weighted by atomic mass is 32.2. The molecule has 1 aromatic heterocycles. The fraction of sp³-hybridized carbons (Fsp3) is 0.381. The molecule has 1 aliphatic rings. The topological polar surface area (TPSA) is 66.7 Å². The molecule has 148 valence electrons. The van der Waals surface area contributed by atoms with Crippen molar-refractivity contribution in [3.05, 3.63) is 54.4 Å². The Balaban J connectivity index is 1.43. The molecule has 0 amide bonds. The molecule has 7 heteroatoms. The van der Waals surface area contributed by atoms with Gasteiger partial charge < -0.3 is 4.42 Å². The fourth-order valence-corrected chi connectivity index (χ4v) is 5.09. The Morgan fingerprint density at radius 3 is 2.46 bits per heavy atom. The third kappa shape index (κ3) is 4.11. The van der Waals surface area contributed by atoms with Crippen molar-refractivity contribution in [2.24, 2.45) is 0 Å². The Morgan fingerprint density at radius 1 is 1.00 bits per heavy atom. The lowest BCUT2D eigenvalue weighted by Gasteiger charge is -2.33. The van der Waals surface area contributed by atoms with Crippen LogP contribution in [0.25, 0.3) is 22.2 Å². The number of hydrogen-bond acceptors (Lipinski definition) is 5. The number of sulfonamides is 1. The van der Waals surface area contributed by atoms with E-state index in [0.717, 1.165) is 22.2 Å². The number of benzene rings is 2. The van der Waals surface area contributed by atoms with Gasteiger partial charge in [0.1, 0.15) is 5.52 Å². The van der Waals surface area contributed by atoms with E-state index in [-0.39, 0.29) is 5.75 Å². The van der Waals surface area contributed by atoms with E-state index in [1.165, 1.54) is 0 Å². The number of rotatable bonds is 6. The number of aromatic nitrogens is 1. The molecule has 0 spiro atoms. The third-order valence-electron chi connectivity index (χ3n) is 5.08. The molecule has 1 fully saturated rings. The Bertz CT molecular complexity index is 1040. The van der Waals surface area contributed by atoms with Gasteiger partial charge in [-0.15, -0.1) is 0 Å². The summed E-state index contributed by atoms with van der Waals surface area (Å²) in [5, 5.41) is 0. The summed E-state index contributed by atoms with van der Waals surface area (Å²) in [7, 11) is -3.11. The largest absolute Gasteiger partial charge is 0.439 e. The van der Waals surface area contributed by atoms with E-state index < -0.39 is 10.0 Å². The SMILES string of the molecule is CCCS(=O)(=O)N1CCN(Cc2nc3cc(-c4ccccc4)ccc3o2)CC1. The first kappa shape index (κ1) is 19.1. The molecular formula is C21H25N3O3S. The zero-order valence-corrected chi connectivity index (χ0v) is 16.9. The van der Waals surface area contributed by atoms with Crippen LogP contribution in [0.3, 0.4) is 0 Å². The van der Waals surface area contributed by atoms with Gasteiger partial charge in [-0.25, -0.2) is 13.4 Å². The van der Waals surface area contributed by atoms with Crippen LogP contribution < -0.4 is 0 Å².